The molecule has 2 rings (SSSR count). The van der Waals surface area contributed by atoms with E-state index in [2.05, 4.69) is 4.99 Å². The zero-order valence-electron chi connectivity index (χ0n) is 10.8. The molecule has 0 bridgehead atoms. The van der Waals surface area contributed by atoms with Gasteiger partial charge in [0.2, 0.25) is 0 Å². The molecule has 20 heavy (non-hydrogen) atoms. The van der Waals surface area contributed by atoms with Crippen LogP contribution in [0.25, 0.3) is 0 Å². The monoisotopic (exact) mass is 322 g/mol. The Morgan fingerprint density at radius 1 is 1.45 bits per heavy atom. The molecule has 2 N–H and O–H groups in total. The van der Waals surface area contributed by atoms with Gasteiger partial charge in [0.15, 0.2) is 0 Å². The van der Waals surface area contributed by atoms with E-state index in [1.165, 1.54) is 0 Å². The predicted molar refractivity (Wildman–Crippen MR) is 77.0 cm³/mol. The summed E-state index contributed by atoms with van der Waals surface area (Å²) in [6, 6.07) is 3.20. The third kappa shape index (κ3) is 4.31. The van der Waals surface area contributed by atoms with Crippen molar-refractivity contribution in [2.45, 2.75) is 30.8 Å². The van der Waals surface area contributed by atoms with Gasteiger partial charge < -0.3 is 5.73 Å². The van der Waals surface area contributed by atoms with Gasteiger partial charge in [0, 0.05) is 10.8 Å². The Kier molecular flexibility index (Phi) is 4.54. The molecule has 0 radical (unpaired) electrons. The highest BCUT2D eigenvalue weighted by Crippen LogP contribution is 2.37. The van der Waals surface area contributed by atoms with Crippen molar-refractivity contribution in [1.82, 2.24) is 0 Å². The molecule has 1 aromatic rings. The highest BCUT2D eigenvalue weighted by Gasteiger charge is 2.28. The lowest BCUT2D eigenvalue weighted by molar-refractivity contribution is -0.105. The first-order chi connectivity index (χ1) is 9.26. The number of amidine groups is 1. The van der Waals surface area contributed by atoms with E-state index in [1.54, 1.807) is 19.1 Å². The topological polar surface area (TPSA) is 38.4 Å². The summed E-state index contributed by atoms with van der Waals surface area (Å²) in [5.41, 5.74) is 6.95. The van der Waals surface area contributed by atoms with E-state index in [-0.39, 0.29) is 0 Å². The second kappa shape index (κ2) is 5.85. The minimum atomic E-state index is -4.20. The number of nitrogens with two attached hydrogens (primary N) is 1. The van der Waals surface area contributed by atoms with Crippen molar-refractivity contribution in [2.75, 3.05) is 5.75 Å². The van der Waals surface area contributed by atoms with Crippen LogP contribution in [0.2, 0.25) is 5.02 Å². The molecule has 2 nitrogen and oxygen atoms in total. The normalized spacial score (nSPS) is 16.6. The van der Waals surface area contributed by atoms with Gasteiger partial charge >= 0.3 is 6.18 Å². The van der Waals surface area contributed by atoms with E-state index in [0.29, 0.717) is 32.9 Å². The molecule has 0 amide bonds. The summed E-state index contributed by atoms with van der Waals surface area (Å²) in [5, 5.41) is 0.405. The van der Waals surface area contributed by atoms with Crippen LogP contribution in [0, 0.1) is 12.8 Å². The number of aliphatic imine (C=N–C) groups is 1. The van der Waals surface area contributed by atoms with Crippen LogP contribution in [0.1, 0.15) is 18.4 Å². The maximum absolute atomic E-state index is 12.3. The van der Waals surface area contributed by atoms with Crippen LogP contribution in [-0.4, -0.2) is 17.8 Å². The number of benzene rings is 1. The summed E-state index contributed by atoms with van der Waals surface area (Å²) >= 11 is 6.80. The van der Waals surface area contributed by atoms with E-state index < -0.39 is 11.9 Å². The minimum Gasteiger partial charge on any atom is -0.387 e. The average molecular weight is 323 g/mol. The smallest absolute Gasteiger partial charge is 0.387 e. The van der Waals surface area contributed by atoms with Crippen LogP contribution in [0.3, 0.4) is 0 Å². The minimum absolute atomic E-state index is 0.290. The molecule has 0 atom stereocenters. The third-order valence-corrected chi connectivity index (χ3v) is 4.41. The Morgan fingerprint density at radius 3 is 2.65 bits per heavy atom. The van der Waals surface area contributed by atoms with Crippen molar-refractivity contribution >= 4 is 34.9 Å². The molecule has 1 aliphatic rings. The van der Waals surface area contributed by atoms with Crippen molar-refractivity contribution < 1.29 is 13.2 Å². The molecule has 0 unspecified atom stereocenters. The molecule has 0 aliphatic heterocycles. The van der Waals surface area contributed by atoms with Crippen molar-refractivity contribution in [3.63, 3.8) is 0 Å². The van der Waals surface area contributed by atoms with Gasteiger partial charge in [0.1, 0.15) is 5.84 Å². The van der Waals surface area contributed by atoms with Gasteiger partial charge in [-0.1, -0.05) is 11.6 Å². The first-order valence-corrected chi connectivity index (χ1v) is 7.46. The Labute approximate surface area is 124 Å². The fourth-order valence-electron chi connectivity index (χ4n) is 1.65. The number of hydrogen-bond acceptors (Lipinski definition) is 2. The molecule has 0 spiro atoms. The lowest BCUT2D eigenvalue weighted by atomic mass is 10.2. The first kappa shape index (κ1) is 15.5. The standard InChI is InChI=1S/C13H14ClF3N2S/c1-7-4-9(14)10(19-12(18)8-2-3-8)5-11(7)20-6-13(15,16)17/h4-5,8H,2-3,6H2,1H3,(H2,18,19). The van der Waals surface area contributed by atoms with Crippen LogP contribution in [0.4, 0.5) is 18.9 Å². The highest BCUT2D eigenvalue weighted by atomic mass is 35.5. The quantitative estimate of drug-likeness (QED) is 0.495. The summed E-state index contributed by atoms with van der Waals surface area (Å²) in [6.07, 6.45) is -2.18. The molecule has 0 heterocycles. The number of nitrogens with zero attached hydrogens (tertiary/aromatic N) is 1. The Bertz CT molecular complexity index is 539. The lowest BCUT2D eigenvalue weighted by Crippen LogP contribution is -2.13. The summed E-state index contributed by atoms with van der Waals surface area (Å²) in [7, 11) is 0. The molecule has 0 aromatic heterocycles. The molecule has 110 valence electrons. The van der Waals surface area contributed by atoms with E-state index in [9.17, 15) is 13.2 Å². The highest BCUT2D eigenvalue weighted by molar-refractivity contribution is 7.99. The van der Waals surface area contributed by atoms with Gasteiger partial charge in [-0.05, 0) is 37.5 Å². The van der Waals surface area contributed by atoms with E-state index in [0.717, 1.165) is 24.6 Å². The zero-order valence-corrected chi connectivity index (χ0v) is 12.4. The largest absolute Gasteiger partial charge is 0.398 e. The zero-order chi connectivity index (χ0) is 14.9. The summed E-state index contributed by atoms with van der Waals surface area (Å²) in [6.45, 7) is 1.72. The Balaban J connectivity index is 2.22. The second-order valence-electron chi connectivity index (χ2n) is 4.78. The fraction of sp³-hybridized carbons (Fsp3) is 0.462. The lowest BCUT2D eigenvalue weighted by Gasteiger charge is -2.10. The molecule has 1 aromatic carbocycles. The fourth-order valence-corrected chi connectivity index (χ4v) is 2.71. The molecule has 1 saturated carbocycles. The van der Waals surface area contributed by atoms with E-state index >= 15 is 0 Å². The number of hydrogen-bond donors (Lipinski definition) is 1. The van der Waals surface area contributed by atoms with Crippen LogP contribution >= 0.6 is 23.4 Å². The summed E-state index contributed by atoms with van der Waals surface area (Å²) in [4.78, 5) is 4.76. The maximum atomic E-state index is 12.3. The number of halogens is 4. The maximum Gasteiger partial charge on any atom is 0.398 e. The SMILES string of the molecule is Cc1cc(Cl)c(N=C(N)C2CC2)cc1SCC(F)(F)F. The van der Waals surface area contributed by atoms with Gasteiger partial charge in [-0.15, -0.1) is 11.8 Å². The summed E-state index contributed by atoms with van der Waals surface area (Å²) in [5.74, 6) is -0.141. The summed E-state index contributed by atoms with van der Waals surface area (Å²) < 4.78 is 36.8. The first-order valence-electron chi connectivity index (χ1n) is 6.10. The molecular weight excluding hydrogens is 309 g/mol. The number of thioether (sulfide) groups is 1. The van der Waals surface area contributed by atoms with Crippen molar-refractivity contribution in [1.29, 1.82) is 0 Å². The van der Waals surface area contributed by atoms with Crippen LogP contribution < -0.4 is 5.73 Å². The van der Waals surface area contributed by atoms with Gasteiger partial charge in [0.25, 0.3) is 0 Å². The van der Waals surface area contributed by atoms with Gasteiger partial charge in [0.05, 0.1) is 16.5 Å². The second-order valence-corrected chi connectivity index (χ2v) is 6.21. The van der Waals surface area contributed by atoms with Crippen LogP contribution in [-0.2, 0) is 0 Å². The Hall–Kier alpha value is -0.880. The van der Waals surface area contributed by atoms with E-state index in [4.69, 9.17) is 17.3 Å². The van der Waals surface area contributed by atoms with E-state index in [1.807, 2.05) is 0 Å². The molecular formula is C13H14ClF3N2S. The van der Waals surface area contributed by atoms with Gasteiger partial charge in [-0.25, -0.2) is 4.99 Å². The van der Waals surface area contributed by atoms with Crippen LogP contribution in [0.15, 0.2) is 22.0 Å². The Morgan fingerprint density at radius 2 is 2.10 bits per heavy atom. The molecule has 1 fully saturated rings. The number of alkyl halides is 3. The van der Waals surface area contributed by atoms with Crippen LogP contribution in [0.5, 0.6) is 0 Å². The van der Waals surface area contributed by atoms with Crippen molar-refractivity contribution in [2.24, 2.45) is 16.6 Å². The predicted octanol–water partition coefficient (Wildman–Crippen LogP) is 4.70. The third-order valence-electron chi connectivity index (χ3n) is 2.88. The number of aryl methyl sites for hydroxylation is 1. The molecule has 7 heteroatoms. The van der Waals surface area contributed by atoms with Gasteiger partial charge in [-0.2, -0.15) is 13.2 Å². The molecule has 0 saturated heterocycles. The number of rotatable bonds is 4. The van der Waals surface area contributed by atoms with Gasteiger partial charge in [-0.3, -0.25) is 0 Å². The molecule has 1 aliphatic carbocycles. The van der Waals surface area contributed by atoms with Crippen molar-refractivity contribution in [3.8, 4) is 0 Å². The van der Waals surface area contributed by atoms with Crippen molar-refractivity contribution in [3.05, 3.63) is 22.7 Å². The average Bonchev–Trinajstić information content (AvgIpc) is 3.13.